The number of ether oxygens (including phenoxy) is 1. The molecule has 1 heterocycles. The van der Waals surface area contributed by atoms with Crippen molar-refractivity contribution in [3.63, 3.8) is 0 Å². The summed E-state index contributed by atoms with van der Waals surface area (Å²) in [6.07, 6.45) is 2.23. The molecule has 0 spiro atoms. The second-order valence-corrected chi connectivity index (χ2v) is 7.73. The number of halogens is 1. The lowest BCUT2D eigenvalue weighted by Crippen LogP contribution is -2.34. The molecule has 1 N–H and O–H groups in total. The summed E-state index contributed by atoms with van der Waals surface area (Å²) in [4.78, 5) is 1.37. The average Bonchev–Trinajstić information content (AvgIpc) is 2.43. The molecule has 2 nitrogen and oxygen atoms in total. The third kappa shape index (κ3) is 4.39. The summed E-state index contributed by atoms with van der Waals surface area (Å²) in [5.74, 6) is 1.17. The smallest absolute Gasteiger partial charge is 0.0467 e. The van der Waals surface area contributed by atoms with Crippen molar-refractivity contribution >= 4 is 23.4 Å². The second-order valence-electron chi connectivity index (χ2n) is 6.16. The average molecular weight is 314 g/mol. The van der Waals surface area contributed by atoms with Crippen LogP contribution in [0.2, 0.25) is 5.02 Å². The van der Waals surface area contributed by atoms with Crippen molar-refractivity contribution in [1.82, 2.24) is 5.32 Å². The third-order valence-electron chi connectivity index (χ3n) is 3.82. The zero-order valence-electron chi connectivity index (χ0n) is 12.5. The lowest BCUT2D eigenvalue weighted by atomic mass is 9.89. The second kappa shape index (κ2) is 7.17. The fourth-order valence-electron chi connectivity index (χ4n) is 2.44. The number of fused-ring (bicyclic) bond motifs is 1. The lowest BCUT2D eigenvalue weighted by molar-refractivity contribution is 0.148. The number of hydrogen-bond donors (Lipinski definition) is 1. The molecule has 0 aliphatic carbocycles. The molecule has 2 rings (SSSR count). The van der Waals surface area contributed by atoms with Gasteiger partial charge < -0.3 is 10.1 Å². The number of nitrogens with one attached hydrogen (secondary N) is 1. The molecule has 1 unspecified atom stereocenters. The number of benzene rings is 1. The molecule has 0 saturated heterocycles. The van der Waals surface area contributed by atoms with E-state index in [2.05, 4.69) is 31.3 Å². The van der Waals surface area contributed by atoms with Crippen molar-refractivity contribution in [3.05, 3.63) is 28.8 Å². The molecule has 1 aliphatic heterocycles. The first-order valence-electron chi connectivity index (χ1n) is 7.16. The third-order valence-corrected chi connectivity index (χ3v) is 5.18. The van der Waals surface area contributed by atoms with E-state index in [9.17, 15) is 0 Å². The van der Waals surface area contributed by atoms with Crippen molar-refractivity contribution in [2.45, 2.75) is 37.6 Å². The molecule has 1 aromatic carbocycles. The molecule has 1 atom stereocenters. The van der Waals surface area contributed by atoms with Crippen LogP contribution in [-0.2, 0) is 4.74 Å². The van der Waals surface area contributed by atoms with Crippen molar-refractivity contribution < 1.29 is 4.74 Å². The van der Waals surface area contributed by atoms with Gasteiger partial charge in [0.25, 0.3) is 0 Å². The van der Waals surface area contributed by atoms with Crippen molar-refractivity contribution in [2.24, 2.45) is 5.41 Å². The summed E-state index contributed by atoms with van der Waals surface area (Å²) in [6.45, 7) is 6.39. The number of thioether (sulfide) groups is 1. The van der Waals surface area contributed by atoms with Gasteiger partial charge in [0.15, 0.2) is 0 Å². The van der Waals surface area contributed by atoms with Gasteiger partial charge in [0.05, 0.1) is 0 Å². The van der Waals surface area contributed by atoms with Crippen LogP contribution in [0.5, 0.6) is 0 Å². The van der Waals surface area contributed by atoms with Gasteiger partial charge in [-0.3, -0.25) is 0 Å². The van der Waals surface area contributed by atoms with Gasteiger partial charge in [-0.25, -0.2) is 0 Å². The predicted octanol–water partition coefficient (Wildman–Crippen LogP) is 4.53. The molecule has 0 fully saturated rings. The highest BCUT2D eigenvalue weighted by atomic mass is 35.5. The Labute approximate surface area is 131 Å². The number of rotatable bonds is 6. The summed E-state index contributed by atoms with van der Waals surface area (Å²) in [5.41, 5.74) is 1.61. The highest BCUT2D eigenvalue weighted by Crippen LogP contribution is 2.38. The largest absolute Gasteiger partial charge is 0.385 e. The van der Waals surface area contributed by atoms with Crippen molar-refractivity contribution in [3.8, 4) is 0 Å². The summed E-state index contributed by atoms with van der Waals surface area (Å²) in [6, 6.07) is 6.67. The van der Waals surface area contributed by atoms with Crippen LogP contribution in [0, 0.1) is 5.41 Å². The molecular formula is C16H24ClNOS. The Hall–Kier alpha value is -0.220. The van der Waals surface area contributed by atoms with E-state index in [0.717, 1.165) is 24.6 Å². The van der Waals surface area contributed by atoms with E-state index in [4.69, 9.17) is 16.3 Å². The Bertz CT molecular complexity index is 450. The highest BCUT2D eigenvalue weighted by Gasteiger charge is 2.24. The van der Waals surface area contributed by atoms with Gasteiger partial charge in [-0.05, 0) is 47.8 Å². The van der Waals surface area contributed by atoms with E-state index in [1.165, 1.54) is 22.6 Å². The summed E-state index contributed by atoms with van der Waals surface area (Å²) >= 11 is 8.08. The Morgan fingerprint density at radius 3 is 3.00 bits per heavy atom. The molecule has 20 heavy (non-hydrogen) atoms. The van der Waals surface area contributed by atoms with Crippen LogP contribution in [0.4, 0.5) is 0 Å². The zero-order chi connectivity index (χ0) is 14.6. The van der Waals surface area contributed by atoms with Crippen molar-refractivity contribution in [1.29, 1.82) is 0 Å². The monoisotopic (exact) mass is 313 g/mol. The van der Waals surface area contributed by atoms with Gasteiger partial charge in [-0.2, -0.15) is 0 Å². The van der Waals surface area contributed by atoms with E-state index in [0.29, 0.717) is 6.04 Å². The molecule has 0 radical (unpaired) electrons. The van der Waals surface area contributed by atoms with Gasteiger partial charge in [0.2, 0.25) is 0 Å². The minimum absolute atomic E-state index is 0.249. The molecule has 0 amide bonds. The van der Waals surface area contributed by atoms with Crippen LogP contribution in [0.3, 0.4) is 0 Å². The normalized spacial score (nSPS) is 18.9. The van der Waals surface area contributed by atoms with Crippen LogP contribution in [0.1, 0.15) is 38.3 Å². The molecule has 0 aromatic heterocycles. The lowest BCUT2D eigenvalue weighted by Gasteiger charge is -2.31. The highest BCUT2D eigenvalue weighted by molar-refractivity contribution is 7.99. The summed E-state index contributed by atoms with van der Waals surface area (Å²) < 4.78 is 5.19. The first-order chi connectivity index (χ1) is 9.52. The summed E-state index contributed by atoms with van der Waals surface area (Å²) in [5, 5.41) is 4.56. The minimum Gasteiger partial charge on any atom is -0.385 e. The minimum atomic E-state index is 0.249. The Morgan fingerprint density at radius 1 is 1.45 bits per heavy atom. The van der Waals surface area contributed by atoms with Crippen LogP contribution >= 0.6 is 23.4 Å². The van der Waals surface area contributed by atoms with E-state index in [1.807, 2.05) is 17.8 Å². The maximum Gasteiger partial charge on any atom is 0.0467 e. The van der Waals surface area contributed by atoms with Crippen LogP contribution < -0.4 is 5.32 Å². The molecule has 112 valence electrons. The topological polar surface area (TPSA) is 21.3 Å². The maximum atomic E-state index is 6.15. The fraction of sp³-hybridized carbons (Fsp3) is 0.625. The number of methoxy groups -OCH3 is 1. The Balaban J connectivity index is 1.99. The SMILES string of the molecule is COCCC(C)(C)CNC1CCSc2ccc(Cl)cc21. The maximum absolute atomic E-state index is 6.15. The fourth-order valence-corrected chi connectivity index (χ4v) is 3.73. The summed E-state index contributed by atoms with van der Waals surface area (Å²) in [7, 11) is 1.76. The van der Waals surface area contributed by atoms with Gasteiger partial charge in [0, 0.05) is 36.2 Å². The first kappa shape index (κ1) is 16.2. The van der Waals surface area contributed by atoms with Gasteiger partial charge in [-0.1, -0.05) is 25.4 Å². The van der Waals surface area contributed by atoms with E-state index in [1.54, 1.807) is 7.11 Å². The molecule has 0 saturated carbocycles. The van der Waals surface area contributed by atoms with E-state index in [-0.39, 0.29) is 5.41 Å². The van der Waals surface area contributed by atoms with E-state index < -0.39 is 0 Å². The van der Waals surface area contributed by atoms with Gasteiger partial charge in [0.1, 0.15) is 0 Å². The molecule has 1 aromatic rings. The van der Waals surface area contributed by atoms with Gasteiger partial charge >= 0.3 is 0 Å². The Morgan fingerprint density at radius 2 is 2.25 bits per heavy atom. The predicted molar refractivity (Wildman–Crippen MR) is 87.8 cm³/mol. The van der Waals surface area contributed by atoms with Crippen molar-refractivity contribution in [2.75, 3.05) is 26.0 Å². The zero-order valence-corrected chi connectivity index (χ0v) is 14.1. The Kier molecular flexibility index (Phi) is 5.79. The standard InChI is InChI=1S/C16H24ClNOS/c1-16(2,7-8-19-3)11-18-14-6-9-20-15-5-4-12(17)10-13(14)15/h4-5,10,14,18H,6-9,11H2,1-3H3. The molecule has 0 bridgehead atoms. The molecule has 1 aliphatic rings. The van der Waals surface area contributed by atoms with Crippen LogP contribution in [-0.4, -0.2) is 26.0 Å². The molecular weight excluding hydrogens is 290 g/mol. The van der Waals surface area contributed by atoms with Crippen LogP contribution in [0.15, 0.2) is 23.1 Å². The first-order valence-corrected chi connectivity index (χ1v) is 8.53. The van der Waals surface area contributed by atoms with Gasteiger partial charge in [-0.15, -0.1) is 11.8 Å². The van der Waals surface area contributed by atoms with E-state index >= 15 is 0 Å². The van der Waals surface area contributed by atoms with Crippen LogP contribution in [0.25, 0.3) is 0 Å². The molecule has 4 heteroatoms. The quantitative estimate of drug-likeness (QED) is 0.833. The number of hydrogen-bond acceptors (Lipinski definition) is 3.